The maximum Gasteiger partial charge on any atom is 0.0474 e. The molecule has 3 atom stereocenters. The minimum atomic E-state index is 0.315. The van der Waals surface area contributed by atoms with E-state index in [4.69, 9.17) is 0 Å². The normalized spacial score (nSPS) is 25.2. The molecular formula is C16H25NOS. The van der Waals surface area contributed by atoms with Crippen LogP contribution < -0.4 is 5.32 Å². The number of hydrogen-bond donors (Lipinski definition) is 2. The fourth-order valence-electron chi connectivity index (χ4n) is 2.96. The average molecular weight is 279 g/mol. The van der Waals surface area contributed by atoms with Crippen molar-refractivity contribution in [1.82, 2.24) is 5.32 Å². The van der Waals surface area contributed by atoms with Crippen molar-refractivity contribution < 1.29 is 5.11 Å². The van der Waals surface area contributed by atoms with Crippen LogP contribution in [0.4, 0.5) is 0 Å². The molecule has 2 nitrogen and oxygen atoms in total. The molecule has 0 aliphatic heterocycles. The molecule has 3 heteroatoms. The van der Waals surface area contributed by atoms with E-state index in [9.17, 15) is 5.11 Å². The largest absolute Gasteiger partial charge is 0.396 e. The van der Waals surface area contributed by atoms with E-state index < -0.39 is 0 Å². The van der Waals surface area contributed by atoms with Crippen molar-refractivity contribution in [3.05, 3.63) is 29.8 Å². The Labute approximate surface area is 121 Å². The van der Waals surface area contributed by atoms with Gasteiger partial charge in [0.25, 0.3) is 0 Å². The van der Waals surface area contributed by atoms with E-state index >= 15 is 0 Å². The van der Waals surface area contributed by atoms with Crippen molar-refractivity contribution in [1.29, 1.82) is 0 Å². The highest BCUT2D eigenvalue weighted by atomic mass is 32.2. The number of aliphatic hydroxyl groups is 1. The molecule has 1 aliphatic rings. The van der Waals surface area contributed by atoms with E-state index in [0.29, 0.717) is 24.6 Å². The summed E-state index contributed by atoms with van der Waals surface area (Å²) in [5.41, 5.74) is 1.33. The second-order valence-electron chi connectivity index (χ2n) is 5.50. The molecule has 19 heavy (non-hydrogen) atoms. The summed E-state index contributed by atoms with van der Waals surface area (Å²) in [6.07, 6.45) is 7.00. The highest BCUT2D eigenvalue weighted by molar-refractivity contribution is 7.98. The van der Waals surface area contributed by atoms with Crippen LogP contribution in [0.3, 0.4) is 0 Å². The van der Waals surface area contributed by atoms with Crippen molar-refractivity contribution in [2.24, 2.45) is 5.92 Å². The third-order valence-electron chi connectivity index (χ3n) is 4.22. The summed E-state index contributed by atoms with van der Waals surface area (Å²) in [6, 6.07) is 9.60. The molecule has 106 valence electrons. The van der Waals surface area contributed by atoms with Crippen molar-refractivity contribution in [3.63, 3.8) is 0 Å². The van der Waals surface area contributed by atoms with Crippen LogP contribution >= 0.6 is 11.8 Å². The molecule has 1 fully saturated rings. The fraction of sp³-hybridized carbons (Fsp3) is 0.625. The molecule has 1 saturated carbocycles. The van der Waals surface area contributed by atoms with Crippen molar-refractivity contribution in [2.45, 2.75) is 49.6 Å². The Morgan fingerprint density at radius 3 is 2.58 bits per heavy atom. The lowest BCUT2D eigenvalue weighted by Gasteiger charge is -2.33. The molecule has 0 amide bonds. The molecule has 0 spiro atoms. The van der Waals surface area contributed by atoms with Gasteiger partial charge in [-0.2, -0.15) is 0 Å². The van der Waals surface area contributed by atoms with Gasteiger partial charge in [0.1, 0.15) is 0 Å². The smallest absolute Gasteiger partial charge is 0.0474 e. The number of thioether (sulfide) groups is 1. The summed E-state index contributed by atoms with van der Waals surface area (Å²) >= 11 is 1.78. The van der Waals surface area contributed by atoms with Gasteiger partial charge in [0.15, 0.2) is 0 Å². The van der Waals surface area contributed by atoms with Gasteiger partial charge in [-0.05, 0) is 49.6 Å². The molecule has 1 aliphatic carbocycles. The molecule has 1 aromatic carbocycles. The minimum Gasteiger partial charge on any atom is -0.396 e. The summed E-state index contributed by atoms with van der Waals surface area (Å²) in [4.78, 5) is 1.31. The third-order valence-corrected chi connectivity index (χ3v) is 4.97. The van der Waals surface area contributed by atoms with Crippen LogP contribution in [-0.4, -0.2) is 24.0 Å². The average Bonchev–Trinajstić information content (AvgIpc) is 2.48. The van der Waals surface area contributed by atoms with Gasteiger partial charge in [-0.15, -0.1) is 11.8 Å². The number of rotatable bonds is 5. The van der Waals surface area contributed by atoms with Gasteiger partial charge >= 0.3 is 0 Å². The van der Waals surface area contributed by atoms with Gasteiger partial charge in [-0.3, -0.25) is 0 Å². The first-order valence-corrected chi connectivity index (χ1v) is 8.48. The van der Waals surface area contributed by atoms with E-state index in [2.05, 4.69) is 42.8 Å². The Balaban J connectivity index is 1.96. The number of hydrogen-bond acceptors (Lipinski definition) is 3. The predicted molar refractivity (Wildman–Crippen MR) is 82.6 cm³/mol. The lowest BCUT2D eigenvalue weighted by molar-refractivity contribution is 0.147. The van der Waals surface area contributed by atoms with Crippen LogP contribution in [0.25, 0.3) is 0 Å². The van der Waals surface area contributed by atoms with Gasteiger partial charge in [-0.25, -0.2) is 0 Å². The van der Waals surface area contributed by atoms with E-state index in [-0.39, 0.29) is 0 Å². The topological polar surface area (TPSA) is 32.3 Å². The SMILES string of the molecule is CSc1ccc(C(C)NC2CCCCC2CO)cc1. The van der Waals surface area contributed by atoms with Crippen LogP contribution in [0.5, 0.6) is 0 Å². The Morgan fingerprint density at radius 1 is 1.26 bits per heavy atom. The van der Waals surface area contributed by atoms with E-state index in [1.165, 1.54) is 29.7 Å². The quantitative estimate of drug-likeness (QED) is 0.808. The summed E-state index contributed by atoms with van der Waals surface area (Å²) in [6.45, 7) is 2.53. The van der Waals surface area contributed by atoms with Crippen LogP contribution in [0, 0.1) is 5.92 Å². The maximum absolute atomic E-state index is 9.47. The number of aliphatic hydroxyl groups excluding tert-OH is 1. The summed E-state index contributed by atoms with van der Waals surface area (Å²) in [7, 11) is 0. The number of nitrogens with one attached hydrogen (secondary N) is 1. The maximum atomic E-state index is 9.47. The Bertz CT molecular complexity index is 379. The van der Waals surface area contributed by atoms with Gasteiger partial charge in [-0.1, -0.05) is 25.0 Å². The summed E-state index contributed by atoms with van der Waals surface area (Å²) in [5, 5.41) is 13.2. The zero-order valence-corrected chi connectivity index (χ0v) is 12.7. The zero-order valence-electron chi connectivity index (χ0n) is 11.9. The van der Waals surface area contributed by atoms with Crippen molar-refractivity contribution >= 4 is 11.8 Å². The van der Waals surface area contributed by atoms with Crippen LogP contribution in [-0.2, 0) is 0 Å². The van der Waals surface area contributed by atoms with Crippen LogP contribution in [0.15, 0.2) is 29.2 Å². The van der Waals surface area contributed by atoms with Crippen LogP contribution in [0.1, 0.15) is 44.2 Å². The molecule has 2 rings (SSSR count). The first-order chi connectivity index (χ1) is 9.24. The Morgan fingerprint density at radius 2 is 1.95 bits per heavy atom. The van der Waals surface area contributed by atoms with E-state index in [1.54, 1.807) is 11.8 Å². The van der Waals surface area contributed by atoms with E-state index in [0.717, 1.165) is 6.42 Å². The molecule has 0 bridgehead atoms. The molecule has 3 unspecified atom stereocenters. The summed E-state index contributed by atoms with van der Waals surface area (Å²) < 4.78 is 0. The zero-order chi connectivity index (χ0) is 13.7. The first-order valence-electron chi connectivity index (χ1n) is 7.25. The molecule has 2 N–H and O–H groups in total. The molecule has 0 saturated heterocycles. The Kier molecular flexibility index (Phi) is 5.74. The second-order valence-corrected chi connectivity index (χ2v) is 6.37. The molecule has 1 aromatic rings. The lowest BCUT2D eigenvalue weighted by atomic mass is 9.84. The van der Waals surface area contributed by atoms with Crippen molar-refractivity contribution in [2.75, 3.05) is 12.9 Å². The standard InChI is InChI=1S/C16H25NOS/c1-12(13-7-9-15(19-2)10-8-13)17-16-6-4-3-5-14(16)11-18/h7-10,12,14,16-18H,3-6,11H2,1-2H3. The molecule has 0 heterocycles. The molecule has 0 radical (unpaired) electrons. The Hall–Kier alpha value is -0.510. The van der Waals surface area contributed by atoms with E-state index in [1.807, 2.05) is 0 Å². The molecular weight excluding hydrogens is 254 g/mol. The van der Waals surface area contributed by atoms with Gasteiger partial charge in [0, 0.05) is 23.6 Å². The number of benzene rings is 1. The lowest BCUT2D eigenvalue weighted by Crippen LogP contribution is -2.41. The fourth-order valence-corrected chi connectivity index (χ4v) is 3.36. The van der Waals surface area contributed by atoms with Crippen LogP contribution in [0.2, 0.25) is 0 Å². The van der Waals surface area contributed by atoms with Gasteiger partial charge in [0.05, 0.1) is 0 Å². The summed E-state index contributed by atoms with van der Waals surface area (Å²) in [5.74, 6) is 0.432. The monoisotopic (exact) mass is 279 g/mol. The van der Waals surface area contributed by atoms with Crippen molar-refractivity contribution in [3.8, 4) is 0 Å². The van der Waals surface area contributed by atoms with Gasteiger partial charge < -0.3 is 10.4 Å². The second kappa shape index (κ2) is 7.32. The molecule has 0 aromatic heterocycles. The first kappa shape index (κ1) is 14.9. The third kappa shape index (κ3) is 3.98. The van der Waals surface area contributed by atoms with Gasteiger partial charge in [0.2, 0.25) is 0 Å². The predicted octanol–water partition coefficient (Wildman–Crippen LogP) is 3.61. The highest BCUT2D eigenvalue weighted by Gasteiger charge is 2.25. The minimum absolute atomic E-state index is 0.315. The highest BCUT2D eigenvalue weighted by Crippen LogP contribution is 2.27.